The van der Waals surface area contributed by atoms with Gasteiger partial charge in [-0.25, -0.2) is 0 Å². The normalized spacial score (nSPS) is 63.8. The third kappa shape index (κ3) is 2.22. The molecule has 2 aliphatic carbocycles. The van der Waals surface area contributed by atoms with Crippen LogP contribution in [0, 0.1) is 23.2 Å². The van der Waals surface area contributed by atoms with Gasteiger partial charge in [-0.3, -0.25) is 19.2 Å². The minimum Gasteiger partial charge on any atom is -0.456 e. The highest BCUT2D eigenvalue weighted by molar-refractivity contribution is 6.05. The van der Waals surface area contributed by atoms with Gasteiger partial charge in [0.05, 0.1) is 30.0 Å². The maximum absolute atomic E-state index is 15.0. The zero-order valence-electron chi connectivity index (χ0n) is 23.6. The van der Waals surface area contributed by atoms with E-state index >= 15 is 4.79 Å². The van der Waals surface area contributed by atoms with E-state index in [1.165, 1.54) is 6.92 Å². The lowest BCUT2D eigenvalue weighted by Gasteiger charge is -2.54. The van der Waals surface area contributed by atoms with E-state index in [1.807, 2.05) is 13.8 Å². The smallest absolute Gasteiger partial charge is 0.311 e. The van der Waals surface area contributed by atoms with Crippen molar-refractivity contribution in [1.82, 2.24) is 0 Å². The predicted molar refractivity (Wildman–Crippen MR) is 130 cm³/mol. The first-order valence-corrected chi connectivity index (χ1v) is 14.7. The van der Waals surface area contributed by atoms with Crippen LogP contribution >= 0.6 is 0 Å². The summed E-state index contributed by atoms with van der Waals surface area (Å²) < 4.78 is 38.1. The van der Waals surface area contributed by atoms with Crippen molar-refractivity contribution in [2.45, 2.75) is 131 Å². The molecule has 2 saturated carbocycles. The molecule has 0 aromatic carbocycles. The lowest BCUT2D eigenvalue weighted by Crippen LogP contribution is -2.75. The minimum absolute atomic E-state index is 0.0757. The molecule has 9 fully saturated rings. The van der Waals surface area contributed by atoms with Crippen LogP contribution in [-0.4, -0.2) is 97.5 Å². The molecule has 222 valence electrons. The Morgan fingerprint density at radius 2 is 1.63 bits per heavy atom. The highest BCUT2D eigenvalue weighted by Gasteiger charge is 2.96. The predicted octanol–water partition coefficient (Wildman–Crippen LogP) is -0.127. The summed E-state index contributed by atoms with van der Waals surface area (Å²) in [6.07, 6.45) is -2.91. The molecule has 0 aromatic rings. The van der Waals surface area contributed by atoms with Gasteiger partial charge in [0.25, 0.3) is 0 Å². The Bertz CT molecular complexity index is 1410. The Morgan fingerprint density at radius 3 is 2.37 bits per heavy atom. The summed E-state index contributed by atoms with van der Waals surface area (Å²) in [7, 11) is 0. The van der Waals surface area contributed by atoms with Gasteiger partial charge in [0.15, 0.2) is 23.1 Å². The molecular weight excluding hydrogens is 540 g/mol. The van der Waals surface area contributed by atoms with Crippen LogP contribution in [0.5, 0.6) is 0 Å². The molecule has 14 atom stereocenters. The topological polar surface area (TPSA) is 167 Å². The van der Waals surface area contributed by atoms with Crippen LogP contribution in [0.15, 0.2) is 0 Å². The van der Waals surface area contributed by atoms with Gasteiger partial charge in [0.1, 0.15) is 29.0 Å². The van der Waals surface area contributed by atoms with Gasteiger partial charge >= 0.3 is 11.9 Å². The van der Waals surface area contributed by atoms with E-state index < -0.39 is 98.6 Å². The monoisotopic (exact) mass is 574 g/mol. The summed E-state index contributed by atoms with van der Waals surface area (Å²) in [4.78, 5) is 54.7. The average Bonchev–Trinajstić information content (AvgIpc) is 3.34. The van der Waals surface area contributed by atoms with E-state index in [0.717, 1.165) is 0 Å². The Balaban J connectivity index is 1.28. The van der Waals surface area contributed by atoms with Gasteiger partial charge < -0.3 is 38.6 Å². The molecule has 2 bridgehead atoms. The summed E-state index contributed by atoms with van der Waals surface area (Å²) in [5, 5.41) is 24.3. The molecule has 0 amide bonds. The van der Waals surface area contributed by atoms with Gasteiger partial charge in [-0.05, 0) is 47.0 Å². The molecule has 4 spiro atoms. The van der Waals surface area contributed by atoms with Gasteiger partial charge in [0, 0.05) is 17.8 Å². The van der Waals surface area contributed by atoms with Crippen molar-refractivity contribution in [3.63, 3.8) is 0 Å². The van der Waals surface area contributed by atoms with Crippen LogP contribution in [0.3, 0.4) is 0 Å². The zero-order chi connectivity index (χ0) is 29.1. The van der Waals surface area contributed by atoms with Crippen molar-refractivity contribution in [3.05, 3.63) is 0 Å². The lowest BCUT2D eigenvalue weighted by molar-refractivity contribution is -0.370. The van der Waals surface area contributed by atoms with E-state index in [1.54, 1.807) is 13.8 Å². The van der Waals surface area contributed by atoms with Crippen LogP contribution < -0.4 is 0 Å². The molecule has 7 heterocycles. The lowest BCUT2D eigenvalue weighted by atomic mass is 9.59. The maximum atomic E-state index is 15.0. The van der Waals surface area contributed by atoms with Gasteiger partial charge in [-0.1, -0.05) is 6.92 Å². The molecule has 0 unspecified atom stereocenters. The largest absolute Gasteiger partial charge is 0.456 e. The zero-order valence-corrected chi connectivity index (χ0v) is 23.6. The fourth-order valence-electron chi connectivity index (χ4n) is 11.2. The highest BCUT2D eigenvalue weighted by Crippen LogP contribution is 2.77. The number of fused-ring (bicyclic) bond motifs is 2. The fraction of sp³-hybridized carbons (Fsp3) is 0.862. The second-order valence-electron chi connectivity index (χ2n) is 15.0. The van der Waals surface area contributed by atoms with Gasteiger partial charge in [-0.2, -0.15) is 0 Å². The minimum atomic E-state index is -2.38. The molecular formula is C29H34O12. The van der Waals surface area contributed by atoms with Crippen molar-refractivity contribution in [3.8, 4) is 0 Å². The van der Waals surface area contributed by atoms with E-state index in [4.69, 9.17) is 28.4 Å². The average molecular weight is 575 g/mol. The number of esters is 2. The van der Waals surface area contributed by atoms with Crippen molar-refractivity contribution in [2.24, 2.45) is 23.2 Å². The molecule has 12 nitrogen and oxygen atoms in total. The van der Waals surface area contributed by atoms with Crippen LogP contribution in [-0.2, 0) is 47.6 Å². The van der Waals surface area contributed by atoms with Crippen LogP contribution in [0.2, 0.25) is 0 Å². The summed E-state index contributed by atoms with van der Waals surface area (Å²) in [6, 6.07) is 0. The van der Waals surface area contributed by atoms with Crippen molar-refractivity contribution < 1.29 is 57.8 Å². The third-order valence-corrected chi connectivity index (χ3v) is 12.9. The number of hydrogen-bond acceptors (Lipinski definition) is 12. The first-order valence-electron chi connectivity index (χ1n) is 14.7. The van der Waals surface area contributed by atoms with Crippen molar-refractivity contribution in [1.29, 1.82) is 0 Å². The molecule has 0 radical (unpaired) electrons. The van der Waals surface area contributed by atoms with Crippen LogP contribution in [0.4, 0.5) is 0 Å². The first kappa shape index (κ1) is 25.5. The number of epoxide rings is 1. The second kappa shape index (κ2) is 6.44. The van der Waals surface area contributed by atoms with Gasteiger partial charge in [-0.15, -0.1) is 0 Å². The summed E-state index contributed by atoms with van der Waals surface area (Å²) in [6.45, 7) is 8.29. The van der Waals surface area contributed by atoms with E-state index in [2.05, 4.69) is 0 Å². The number of rotatable bonds is 0. The van der Waals surface area contributed by atoms with E-state index in [9.17, 15) is 24.6 Å². The van der Waals surface area contributed by atoms with Crippen molar-refractivity contribution >= 4 is 23.5 Å². The van der Waals surface area contributed by atoms with Crippen LogP contribution in [0.1, 0.15) is 66.7 Å². The second-order valence-corrected chi connectivity index (χ2v) is 15.0. The number of carbonyl (C=O) groups excluding carboxylic acids is 4. The number of aliphatic hydroxyl groups is 2. The number of ether oxygens (including phenoxy) is 6. The summed E-state index contributed by atoms with van der Waals surface area (Å²) in [5.41, 5.74) is -10.8. The standard InChI is InChI=1S/C29H34O12/c1-11-16-17(36-18(11)31)27(35)19-23(4,20(32)24(27,5)34)6-7-25-10-26-12(22(2,3)37-13(26)9-15(30)39-26)8-14-28(25,38-14)21(33)29(19,40-16)41-25/h11-14,16-17,19,34-35H,6-10H2,1-5H3/t11-,12-,13+,14-,16+,17-,19+,23-,24-,25-,26+,27-,28+,29-/m0/s1. The van der Waals surface area contributed by atoms with Crippen molar-refractivity contribution in [2.75, 3.05) is 0 Å². The Morgan fingerprint density at radius 1 is 0.902 bits per heavy atom. The molecule has 41 heavy (non-hydrogen) atoms. The number of ketones is 2. The quantitative estimate of drug-likeness (QED) is 0.291. The Kier molecular flexibility index (Phi) is 4.01. The molecule has 9 aliphatic rings. The molecule has 7 saturated heterocycles. The number of Topliss-reactive ketones (excluding diaryl/α,β-unsaturated/α-hetero) is 2. The van der Waals surface area contributed by atoms with E-state index in [0.29, 0.717) is 6.42 Å². The fourth-order valence-corrected chi connectivity index (χ4v) is 11.2. The molecule has 9 rings (SSSR count). The molecule has 2 N–H and O–H groups in total. The number of hydrogen-bond donors (Lipinski definition) is 2. The Hall–Kier alpha value is -1.96. The SMILES string of the molecule is C[C@@H]1C(=O)O[C@H]2[C@@H]1O[C@]13O[C@@]4(CC[C@]5(C)C(=O)[C@](C)(O)[C@@]2(O)[C@H]15)C[C@]12OC(=O)C[C@H]1OC(C)(C)[C@@H]2C[C@@H]1O[C@@]14C3=O. The Labute approximate surface area is 235 Å². The van der Waals surface area contributed by atoms with Crippen LogP contribution in [0.25, 0.3) is 0 Å². The molecule has 0 aromatic heterocycles. The number of carbonyl (C=O) groups is 4. The summed E-state index contributed by atoms with van der Waals surface area (Å²) in [5.74, 6) is -7.08. The van der Waals surface area contributed by atoms with E-state index in [-0.39, 0.29) is 37.6 Å². The molecule has 7 aliphatic heterocycles. The third-order valence-electron chi connectivity index (χ3n) is 12.9. The maximum Gasteiger partial charge on any atom is 0.311 e. The van der Waals surface area contributed by atoms with Gasteiger partial charge in [0.2, 0.25) is 11.6 Å². The highest BCUT2D eigenvalue weighted by atomic mass is 16.8. The molecule has 12 heteroatoms. The summed E-state index contributed by atoms with van der Waals surface area (Å²) >= 11 is 0. The first-order chi connectivity index (χ1) is 19.0.